The van der Waals surface area contributed by atoms with E-state index in [9.17, 15) is 29.4 Å². The first kappa shape index (κ1) is 58.9. The fourth-order valence-electron chi connectivity index (χ4n) is 12.4. The van der Waals surface area contributed by atoms with E-state index in [4.69, 9.17) is 23.7 Å². The van der Waals surface area contributed by atoms with Crippen molar-refractivity contribution in [3.05, 3.63) is 170 Å². The number of aromatic nitrogens is 2. The number of fused-ring (bicyclic) bond motifs is 4. The van der Waals surface area contributed by atoms with Crippen LogP contribution >= 0.6 is 22.7 Å². The second-order valence-electron chi connectivity index (χ2n) is 24.4. The normalized spacial score (nSPS) is 16.3. The van der Waals surface area contributed by atoms with E-state index in [1.54, 1.807) is 25.1 Å². The summed E-state index contributed by atoms with van der Waals surface area (Å²) in [5, 5.41) is 23.5. The lowest BCUT2D eigenvalue weighted by atomic mass is 9.68. The van der Waals surface area contributed by atoms with Crippen molar-refractivity contribution in [3.8, 4) is 27.4 Å². The number of ether oxygens (including phenoxy) is 1. The van der Waals surface area contributed by atoms with E-state index in [1.807, 2.05) is 91.0 Å². The van der Waals surface area contributed by atoms with Crippen LogP contribution in [0.2, 0.25) is 0 Å². The zero-order valence-electron chi connectivity index (χ0n) is 48.8. The smallest absolute Gasteiger partial charge is 0.373 e. The van der Waals surface area contributed by atoms with E-state index in [0.29, 0.717) is 45.0 Å². The highest BCUT2D eigenvalue weighted by atomic mass is 32.1. The third-order valence-electron chi connectivity index (χ3n) is 17.1. The van der Waals surface area contributed by atoms with E-state index in [-0.39, 0.29) is 57.3 Å². The number of carboxylic acid groups (broad SMARTS) is 1. The van der Waals surface area contributed by atoms with Crippen molar-refractivity contribution in [2.75, 3.05) is 42.6 Å². The SMILES string of the molecule is CC1(C)CCN2CCC(C)(C)c3c(O)c(C(=O)c4ccccc4)cc1c32.CC1(C)CCN2CCC(C)(C)c3c2c1cc1c(-c2ccccc2C(=O)O)c(-c2nc4ccccc4s2)c(=O)oc31.CCOC(=O)Cc1nc2ccccc2s1.O=C=O. The van der Waals surface area contributed by atoms with Gasteiger partial charge < -0.3 is 29.2 Å². The predicted molar refractivity (Wildman–Crippen MR) is 331 cm³/mol. The Hall–Kier alpha value is -8.30. The minimum Gasteiger partial charge on any atom is -0.507 e. The molecule has 0 atom stereocenters. The zero-order chi connectivity index (χ0) is 60.0. The van der Waals surface area contributed by atoms with Gasteiger partial charge in [0.05, 0.1) is 44.6 Å². The molecule has 9 aromatic rings. The Morgan fingerprint density at radius 3 is 1.74 bits per heavy atom. The molecule has 13 rings (SSSR count). The third kappa shape index (κ3) is 11.1. The van der Waals surface area contributed by atoms with Crippen molar-refractivity contribution in [1.29, 1.82) is 0 Å². The van der Waals surface area contributed by atoms with Crippen LogP contribution in [0.1, 0.15) is 142 Å². The summed E-state index contributed by atoms with van der Waals surface area (Å²) in [6.07, 6.45) is 4.50. The monoisotopic (exact) mass is 1160 g/mol. The Balaban J connectivity index is 0.000000152. The molecule has 0 saturated carbocycles. The van der Waals surface area contributed by atoms with Gasteiger partial charge in [0.25, 0.3) is 0 Å². The van der Waals surface area contributed by atoms with Gasteiger partial charge in [0.2, 0.25) is 0 Å². The number of benzene rings is 6. The summed E-state index contributed by atoms with van der Waals surface area (Å²) in [5.41, 5.74) is 10.6. The summed E-state index contributed by atoms with van der Waals surface area (Å²) in [4.78, 5) is 81.3. The number of anilines is 2. The molecule has 0 amide bonds. The van der Waals surface area contributed by atoms with Crippen molar-refractivity contribution < 1.29 is 43.3 Å². The lowest BCUT2D eigenvalue weighted by Gasteiger charge is -2.48. The van der Waals surface area contributed by atoms with E-state index in [0.717, 1.165) is 93.8 Å². The van der Waals surface area contributed by atoms with Gasteiger partial charge in [-0.15, -0.1) is 22.7 Å². The van der Waals surface area contributed by atoms with Crippen LogP contribution < -0.4 is 15.4 Å². The van der Waals surface area contributed by atoms with Gasteiger partial charge in [0.1, 0.15) is 26.9 Å². The highest BCUT2D eigenvalue weighted by Gasteiger charge is 2.45. The van der Waals surface area contributed by atoms with Gasteiger partial charge in [-0.2, -0.15) is 9.59 Å². The van der Waals surface area contributed by atoms with Crippen LogP contribution in [0.4, 0.5) is 11.4 Å². The summed E-state index contributed by atoms with van der Waals surface area (Å²) in [5.74, 6) is -1.18. The molecule has 432 valence electrons. The summed E-state index contributed by atoms with van der Waals surface area (Å²) in [6, 6.07) is 35.9. The van der Waals surface area contributed by atoms with Gasteiger partial charge in [-0.05, 0) is 113 Å². The second kappa shape index (κ2) is 23.0. The molecular weight excluding hydrogens is 1100 g/mol. The van der Waals surface area contributed by atoms with Crippen molar-refractivity contribution in [3.63, 3.8) is 0 Å². The van der Waals surface area contributed by atoms with Crippen LogP contribution in [0.25, 0.3) is 53.1 Å². The standard InChI is InChI=1S/C33H30N2O4S.C23H27NO2.C11H11NO2S.CO2/c1-32(2)13-15-35-16-14-33(3,4)26-27(35)21(32)17-20-24(18-9-5-6-10-19(18)30(36)37)25(31(38)39-28(20)26)29-34-22-11-7-8-12-23(22)40-29;1-22(2)10-12-24-13-11-23(3,4)18-19(24)17(22)14-16(21(18)26)20(25)15-8-6-5-7-9-15;1-2-14-11(13)7-10-12-8-5-3-4-6-9(8)15-10;2-1-3/h5-12,17H,13-16H2,1-4H3,(H,36,37);5-9,14,26H,10-13H2,1-4H3;3-6H,2,7H2,1H3;. The maximum absolute atomic E-state index is 14.1. The summed E-state index contributed by atoms with van der Waals surface area (Å²) >= 11 is 2.96. The molecule has 0 unspecified atom stereocenters. The number of phenols is 1. The maximum Gasteiger partial charge on any atom is 0.373 e. The molecule has 0 radical (unpaired) electrons. The number of aromatic hydroxyl groups is 1. The Bertz CT molecular complexity index is 4080. The number of phenolic OH excluding ortho intramolecular Hbond substituents is 1. The lowest BCUT2D eigenvalue weighted by Crippen LogP contribution is -2.45. The van der Waals surface area contributed by atoms with Crippen LogP contribution in [-0.4, -0.2) is 76.8 Å². The van der Waals surface area contributed by atoms with Crippen LogP contribution in [0.5, 0.6) is 5.75 Å². The van der Waals surface area contributed by atoms with Crippen molar-refractivity contribution in [1.82, 2.24) is 9.97 Å². The van der Waals surface area contributed by atoms with Gasteiger partial charge in [-0.25, -0.2) is 19.6 Å². The van der Waals surface area contributed by atoms with Gasteiger partial charge in [0.15, 0.2) is 5.78 Å². The third-order valence-corrected chi connectivity index (χ3v) is 19.2. The molecule has 0 aliphatic carbocycles. The van der Waals surface area contributed by atoms with Crippen molar-refractivity contribution in [2.45, 2.75) is 116 Å². The topological polar surface area (TPSA) is 198 Å². The summed E-state index contributed by atoms with van der Waals surface area (Å²) in [6.45, 7) is 24.0. The number of para-hydroxylation sites is 2. The number of rotatable bonds is 8. The van der Waals surface area contributed by atoms with E-state index < -0.39 is 11.6 Å². The number of hydrogen-bond donors (Lipinski definition) is 2. The second-order valence-corrected chi connectivity index (χ2v) is 26.5. The van der Waals surface area contributed by atoms with Crippen molar-refractivity contribution >= 4 is 89.3 Å². The first-order valence-corrected chi connectivity index (χ1v) is 30.0. The van der Waals surface area contributed by atoms with Crippen LogP contribution in [0, 0.1) is 0 Å². The quantitative estimate of drug-likeness (QED) is 0.0827. The van der Waals surface area contributed by atoms with Gasteiger partial charge in [0, 0.05) is 65.2 Å². The number of carboxylic acids is 1. The molecule has 6 aromatic carbocycles. The highest BCUT2D eigenvalue weighted by molar-refractivity contribution is 7.21. The predicted octanol–water partition coefficient (Wildman–Crippen LogP) is 14.2. The molecule has 2 N–H and O–H groups in total. The van der Waals surface area contributed by atoms with Crippen LogP contribution in [0.3, 0.4) is 0 Å². The minimum atomic E-state index is -1.04. The molecule has 4 aliphatic rings. The van der Waals surface area contributed by atoms with E-state index in [2.05, 4.69) is 76.2 Å². The number of aromatic carboxylic acids is 1. The molecule has 7 heterocycles. The largest absolute Gasteiger partial charge is 0.507 e. The number of ketones is 1. The van der Waals surface area contributed by atoms with E-state index >= 15 is 0 Å². The fraction of sp³-hybridized carbons (Fsp3) is 0.338. The molecule has 16 heteroatoms. The van der Waals surface area contributed by atoms with Gasteiger partial charge in [-0.1, -0.05) is 128 Å². The number of carbonyl (C=O) groups is 3. The molecule has 14 nitrogen and oxygen atoms in total. The molecule has 0 saturated heterocycles. The highest BCUT2D eigenvalue weighted by Crippen LogP contribution is 2.55. The van der Waals surface area contributed by atoms with Crippen LogP contribution in [-0.2, 0) is 47.2 Å². The number of carbonyl (C=O) groups excluding carboxylic acids is 4. The average molecular weight is 1170 g/mol. The first-order chi connectivity index (χ1) is 40.0. The molecule has 3 aromatic heterocycles. The average Bonchev–Trinajstić information content (AvgIpc) is 1.02. The maximum atomic E-state index is 14.1. The Labute approximate surface area is 495 Å². The summed E-state index contributed by atoms with van der Waals surface area (Å²) in [7, 11) is 0. The molecule has 0 bridgehead atoms. The Morgan fingerprint density at radius 1 is 0.643 bits per heavy atom. The van der Waals surface area contributed by atoms with E-state index in [1.165, 1.54) is 45.2 Å². The molecular formula is C68H68N4O10S2. The minimum absolute atomic E-state index is 0.00653. The van der Waals surface area contributed by atoms with Crippen LogP contribution in [0.15, 0.2) is 124 Å². The molecule has 4 aliphatic heterocycles. The molecule has 84 heavy (non-hydrogen) atoms. The first-order valence-electron chi connectivity index (χ1n) is 28.4. The number of thiazole rings is 2. The Kier molecular flexibility index (Phi) is 16.2. The number of esters is 1. The molecule has 0 fully saturated rings. The zero-order valence-corrected chi connectivity index (χ0v) is 50.4. The molecule has 0 spiro atoms. The number of nitrogens with zero attached hydrogens (tertiary/aromatic N) is 4. The van der Waals surface area contributed by atoms with Gasteiger partial charge >= 0.3 is 23.7 Å². The van der Waals surface area contributed by atoms with Crippen molar-refractivity contribution in [2.24, 2.45) is 0 Å². The summed E-state index contributed by atoms with van der Waals surface area (Å²) < 4.78 is 13.2. The lowest BCUT2D eigenvalue weighted by molar-refractivity contribution is -0.191. The van der Waals surface area contributed by atoms with Gasteiger partial charge in [-0.3, -0.25) is 9.59 Å². The number of hydrogen-bond acceptors (Lipinski definition) is 15. The fourth-order valence-corrected chi connectivity index (χ4v) is 14.3. The Morgan fingerprint density at radius 2 is 1.15 bits per heavy atom.